The Kier molecular flexibility index (Phi) is 6.55. The van der Waals surface area contributed by atoms with E-state index in [4.69, 9.17) is 0 Å². The van der Waals surface area contributed by atoms with Gasteiger partial charge in [0.05, 0.1) is 0 Å². The summed E-state index contributed by atoms with van der Waals surface area (Å²) in [7, 11) is 0. The van der Waals surface area contributed by atoms with Crippen LogP contribution < -0.4 is 16.1 Å². The number of benzene rings is 1. The number of rotatable bonds is 6. The monoisotopic (exact) mass is 318 g/mol. The number of nitrogens with zero attached hydrogens (tertiary/aromatic N) is 1. The van der Waals surface area contributed by atoms with Gasteiger partial charge in [-0.2, -0.15) is 0 Å². The summed E-state index contributed by atoms with van der Waals surface area (Å²) in [5.41, 5.74) is 3.95. The molecule has 0 saturated carbocycles. The minimum absolute atomic E-state index is 0.106. The molecule has 23 heavy (non-hydrogen) atoms. The zero-order valence-electron chi connectivity index (χ0n) is 13.8. The van der Waals surface area contributed by atoms with Crippen LogP contribution in [-0.2, 0) is 16.1 Å². The van der Waals surface area contributed by atoms with E-state index in [-0.39, 0.29) is 30.7 Å². The Bertz CT molecular complexity index is 521. The maximum atomic E-state index is 12.0. The van der Waals surface area contributed by atoms with E-state index in [0.29, 0.717) is 12.6 Å². The fourth-order valence-electron chi connectivity index (χ4n) is 2.51. The van der Waals surface area contributed by atoms with Crippen LogP contribution in [0.1, 0.15) is 32.3 Å². The average Bonchev–Trinajstić information content (AvgIpc) is 2.55. The fraction of sp³-hybridized carbons (Fsp3) is 0.529. The van der Waals surface area contributed by atoms with Crippen LogP contribution in [0, 0.1) is 0 Å². The van der Waals surface area contributed by atoms with Crippen molar-refractivity contribution in [1.82, 2.24) is 21.1 Å². The van der Waals surface area contributed by atoms with Crippen molar-refractivity contribution >= 4 is 11.8 Å². The summed E-state index contributed by atoms with van der Waals surface area (Å²) in [6, 6.07) is 10.3. The minimum Gasteiger partial charge on any atom is -0.352 e. The van der Waals surface area contributed by atoms with E-state index >= 15 is 0 Å². The van der Waals surface area contributed by atoms with E-state index < -0.39 is 0 Å². The van der Waals surface area contributed by atoms with Crippen LogP contribution in [0.25, 0.3) is 0 Å². The predicted octanol–water partition coefficient (Wildman–Crippen LogP) is 0.796. The first-order chi connectivity index (χ1) is 11.0. The van der Waals surface area contributed by atoms with Crippen LogP contribution in [0.3, 0.4) is 0 Å². The van der Waals surface area contributed by atoms with Crippen LogP contribution in [0.5, 0.6) is 0 Å². The second kappa shape index (κ2) is 8.64. The third-order valence-corrected chi connectivity index (χ3v) is 3.94. The van der Waals surface area contributed by atoms with Gasteiger partial charge >= 0.3 is 0 Å². The zero-order chi connectivity index (χ0) is 16.7. The molecular weight excluding hydrogens is 292 g/mol. The maximum absolute atomic E-state index is 12.0. The molecule has 0 bridgehead atoms. The quantitative estimate of drug-likeness (QED) is 0.725. The smallest absolute Gasteiger partial charge is 0.234 e. The number of hydrogen-bond acceptors (Lipinski definition) is 4. The van der Waals surface area contributed by atoms with Crippen LogP contribution in [-0.4, -0.2) is 42.0 Å². The Labute approximate surface area is 137 Å². The molecule has 6 heteroatoms. The summed E-state index contributed by atoms with van der Waals surface area (Å²) < 4.78 is 0. The normalized spacial score (nSPS) is 21.7. The van der Waals surface area contributed by atoms with E-state index in [9.17, 15) is 9.59 Å². The van der Waals surface area contributed by atoms with Gasteiger partial charge in [-0.05, 0) is 19.4 Å². The maximum Gasteiger partial charge on any atom is 0.234 e. The van der Waals surface area contributed by atoms with Gasteiger partial charge in [-0.3, -0.25) is 15.0 Å². The first kappa shape index (κ1) is 17.4. The van der Waals surface area contributed by atoms with E-state index in [1.165, 1.54) is 0 Å². The van der Waals surface area contributed by atoms with Gasteiger partial charge in [-0.15, -0.1) is 0 Å². The van der Waals surface area contributed by atoms with E-state index in [0.717, 1.165) is 18.7 Å². The third kappa shape index (κ3) is 6.00. The van der Waals surface area contributed by atoms with Crippen LogP contribution in [0.4, 0.5) is 0 Å². The number of amides is 2. The van der Waals surface area contributed by atoms with Gasteiger partial charge in [0, 0.05) is 44.6 Å². The molecule has 2 atom stereocenters. The Morgan fingerprint density at radius 1 is 1.17 bits per heavy atom. The molecule has 1 aromatic carbocycles. The highest BCUT2D eigenvalue weighted by Gasteiger charge is 2.23. The molecule has 6 nitrogen and oxygen atoms in total. The van der Waals surface area contributed by atoms with Crippen molar-refractivity contribution in [2.75, 3.05) is 13.1 Å². The van der Waals surface area contributed by atoms with Crippen molar-refractivity contribution < 1.29 is 9.59 Å². The molecule has 2 amide bonds. The number of nitrogens with one attached hydrogen (secondary N) is 3. The van der Waals surface area contributed by atoms with E-state index in [1.54, 1.807) is 0 Å². The number of carbonyl (C=O) groups is 2. The summed E-state index contributed by atoms with van der Waals surface area (Å²) in [6.07, 6.45) is 0.403. The second-order valence-corrected chi connectivity index (χ2v) is 6.11. The van der Waals surface area contributed by atoms with Crippen LogP contribution in [0.2, 0.25) is 0 Å². The predicted molar refractivity (Wildman–Crippen MR) is 89.3 cm³/mol. The van der Waals surface area contributed by atoms with Crippen molar-refractivity contribution in [2.24, 2.45) is 0 Å². The first-order valence-corrected chi connectivity index (χ1v) is 8.14. The van der Waals surface area contributed by atoms with Gasteiger partial charge in [-0.1, -0.05) is 30.3 Å². The lowest BCUT2D eigenvalue weighted by Gasteiger charge is -2.37. The molecule has 1 aliphatic rings. The molecule has 2 unspecified atom stereocenters. The Balaban J connectivity index is 1.66. The first-order valence-electron chi connectivity index (χ1n) is 8.14. The second-order valence-electron chi connectivity index (χ2n) is 6.11. The topological polar surface area (TPSA) is 73.5 Å². The van der Waals surface area contributed by atoms with E-state index in [2.05, 4.69) is 29.9 Å². The molecule has 0 aliphatic carbocycles. The molecule has 0 radical (unpaired) electrons. The van der Waals surface area contributed by atoms with Crippen LogP contribution in [0.15, 0.2) is 30.3 Å². The van der Waals surface area contributed by atoms with Gasteiger partial charge in [0.2, 0.25) is 11.8 Å². The van der Waals surface area contributed by atoms with Crippen molar-refractivity contribution in [3.05, 3.63) is 35.9 Å². The summed E-state index contributed by atoms with van der Waals surface area (Å²) in [6.45, 7) is 6.26. The lowest BCUT2D eigenvalue weighted by molar-refractivity contribution is -0.130. The van der Waals surface area contributed by atoms with Gasteiger partial charge < -0.3 is 10.6 Å². The Morgan fingerprint density at radius 2 is 1.87 bits per heavy atom. The standard InChI is InChI=1S/C17H26N4O2/c1-13-12-21(14(2)10-18-13)20-17(23)9-8-16(22)19-11-15-6-4-3-5-7-15/h3-7,13-14,18H,8-12H2,1-2H3,(H,19,22)(H,20,23). The molecule has 0 aromatic heterocycles. The minimum atomic E-state index is -0.110. The largest absolute Gasteiger partial charge is 0.352 e. The van der Waals surface area contributed by atoms with Crippen molar-refractivity contribution in [3.8, 4) is 0 Å². The lowest BCUT2D eigenvalue weighted by atomic mass is 10.2. The van der Waals surface area contributed by atoms with Gasteiger partial charge in [0.1, 0.15) is 0 Å². The summed E-state index contributed by atoms with van der Waals surface area (Å²) in [5.74, 6) is -0.216. The Hall–Kier alpha value is -1.92. The highest BCUT2D eigenvalue weighted by atomic mass is 16.2. The average molecular weight is 318 g/mol. The van der Waals surface area contributed by atoms with Crippen molar-refractivity contribution in [2.45, 2.75) is 45.3 Å². The molecule has 1 heterocycles. The van der Waals surface area contributed by atoms with E-state index in [1.807, 2.05) is 35.3 Å². The molecule has 1 fully saturated rings. The zero-order valence-corrected chi connectivity index (χ0v) is 13.8. The lowest BCUT2D eigenvalue weighted by Crippen LogP contribution is -2.60. The number of hydrogen-bond donors (Lipinski definition) is 3. The molecule has 0 spiro atoms. The summed E-state index contributed by atoms with van der Waals surface area (Å²) in [4.78, 5) is 23.8. The highest BCUT2D eigenvalue weighted by molar-refractivity contribution is 5.83. The number of carbonyl (C=O) groups excluding carboxylic acids is 2. The molecule has 3 N–H and O–H groups in total. The molecule has 2 rings (SSSR count). The van der Waals surface area contributed by atoms with Crippen molar-refractivity contribution in [3.63, 3.8) is 0 Å². The molecule has 1 aliphatic heterocycles. The highest BCUT2D eigenvalue weighted by Crippen LogP contribution is 2.04. The molecular formula is C17H26N4O2. The fourth-order valence-corrected chi connectivity index (χ4v) is 2.51. The molecule has 1 aromatic rings. The van der Waals surface area contributed by atoms with Gasteiger partial charge in [-0.25, -0.2) is 5.01 Å². The summed E-state index contributed by atoms with van der Waals surface area (Å²) >= 11 is 0. The number of piperazine rings is 1. The Morgan fingerprint density at radius 3 is 2.61 bits per heavy atom. The molecule has 1 saturated heterocycles. The van der Waals surface area contributed by atoms with Gasteiger partial charge in [0.15, 0.2) is 0 Å². The molecule has 126 valence electrons. The summed E-state index contributed by atoms with van der Waals surface area (Å²) in [5, 5.41) is 8.14. The van der Waals surface area contributed by atoms with Gasteiger partial charge in [0.25, 0.3) is 0 Å². The SMILES string of the molecule is CC1CN(NC(=O)CCC(=O)NCc2ccccc2)C(C)CN1. The van der Waals surface area contributed by atoms with Crippen LogP contribution >= 0.6 is 0 Å². The third-order valence-electron chi connectivity index (χ3n) is 3.94. The van der Waals surface area contributed by atoms with Crippen molar-refractivity contribution in [1.29, 1.82) is 0 Å². The number of hydrazine groups is 1.